The summed E-state index contributed by atoms with van der Waals surface area (Å²) >= 11 is 0. The molecule has 0 amide bonds. The average molecular weight is 503 g/mol. The maximum atomic E-state index is 4.11. The molecule has 0 heteroatoms. The Labute approximate surface area is 233 Å². The van der Waals surface area contributed by atoms with E-state index in [1.165, 1.54) is 61.2 Å². The third kappa shape index (κ3) is 5.92. The van der Waals surface area contributed by atoms with E-state index in [9.17, 15) is 0 Å². The van der Waals surface area contributed by atoms with Crippen molar-refractivity contribution in [2.45, 2.75) is 20.8 Å². The molecule has 0 atom stereocenters. The van der Waals surface area contributed by atoms with E-state index in [4.69, 9.17) is 0 Å². The summed E-state index contributed by atoms with van der Waals surface area (Å²) in [5.41, 5.74) is 14.4. The number of hydrogen-bond acceptors (Lipinski definition) is 0. The second-order valence-corrected chi connectivity index (χ2v) is 9.93. The molecule has 0 fully saturated rings. The Morgan fingerprint density at radius 2 is 0.821 bits per heavy atom. The molecule has 0 saturated heterocycles. The topological polar surface area (TPSA) is 0 Å². The van der Waals surface area contributed by atoms with Crippen LogP contribution < -0.4 is 0 Å². The molecule has 0 aromatic heterocycles. The van der Waals surface area contributed by atoms with Gasteiger partial charge in [0.1, 0.15) is 0 Å². The molecule has 5 aromatic carbocycles. The van der Waals surface area contributed by atoms with Crippen LogP contribution in [0.4, 0.5) is 0 Å². The minimum absolute atomic E-state index is 1.08. The Balaban J connectivity index is 1.48. The number of benzene rings is 5. The highest BCUT2D eigenvalue weighted by Crippen LogP contribution is 2.33. The van der Waals surface area contributed by atoms with Gasteiger partial charge in [0.05, 0.1) is 0 Å². The zero-order valence-corrected chi connectivity index (χ0v) is 23.0. The van der Waals surface area contributed by atoms with Crippen LogP contribution in [-0.4, -0.2) is 0 Å². The molecule has 190 valence electrons. The van der Waals surface area contributed by atoms with Gasteiger partial charge in [-0.25, -0.2) is 0 Å². The molecule has 39 heavy (non-hydrogen) atoms. The lowest BCUT2D eigenvalue weighted by molar-refractivity contribution is 1.54. The van der Waals surface area contributed by atoms with E-state index in [0.717, 1.165) is 5.57 Å². The van der Waals surface area contributed by atoms with Crippen molar-refractivity contribution in [2.75, 3.05) is 0 Å². The van der Waals surface area contributed by atoms with Crippen LogP contribution in [0.1, 0.15) is 31.9 Å². The maximum Gasteiger partial charge on any atom is -0.0178 e. The molecule has 0 aliphatic carbocycles. The zero-order valence-electron chi connectivity index (χ0n) is 23.0. The molecular weight excluding hydrogens is 468 g/mol. The summed E-state index contributed by atoms with van der Waals surface area (Å²) in [7, 11) is 0. The van der Waals surface area contributed by atoms with Crippen LogP contribution in [-0.2, 0) is 0 Å². The molecule has 0 heterocycles. The quantitative estimate of drug-likeness (QED) is 0.194. The lowest BCUT2D eigenvalue weighted by Crippen LogP contribution is -1.86. The van der Waals surface area contributed by atoms with Crippen molar-refractivity contribution in [1.29, 1.82) is 0 Å². The van der Waals surface area contributed by atoms with Crippen LogP contribution in [0.2, 0.25) is 0 Å². The summed E-state index contributed by atoms with van der Waals surface area (Å²) in [5.74, 6) is 0. The minimum atomic E-state index is 1.08. The van der Waals surface area contributed by atoms with Gasteiger partial charge in [-0.15, -0.1) is 0 Å². The summed E-state index contributed by atoms with van der Waals surface area (Å²) < 4.78 is 0. The molecule has 0 nitrogen and oxygen atoms in total. The molecule has 0 spiro atoms. The monoisotopic (exact) mass is 502 g/mol. The van der Waals surface area contributed by atoms with Crippen molar-refractivity contribution >= 4 is 11.1 Å². The van der Waals surface area contributed by atoms with Crippen molar-refractivity contribution in [2.24, 2.45) is 0 Å². The van der Waals surface area contributed by atoms with Crippen LogP contribution >= 0.6 is 0 Å². The standard InChI is InChI=1S/C39H34/c1-5-12-29(6-2)31-14-8-16-33(24-31)35-18-10-20-37(26-35)39-22-11-21-38(27-39)36-19-9-17-34(25-36)32-15-7-13-30(23-32)28(3)4/h5-27H,3H2,1-2,4H3/b12-5-,29-6+. The van der Waals surface area contributed by atoms with E-state index in [2.05, 4.69) is 167 Å². The van der Waals surface area contributed by atoms with Gasteiger partial charge in [-0.2, -0.15) is 0 Å². The average Bonchev–Trinajstić information content (AvgIpc) is 3.00. The van der Waals surface area contributed by atoms with Gasteiger partial charge in [0.25, 0.3) is 0 Å². The van der Waals surface area contributed by atoms with Gasteiger partial charge in [0, 0.05) is 0 Å². The van der Waals surface area contributed by atoms with Gasteiger partial charge < -0.3 is 0 Å². The first-order chi connectivity index (χ1) is 19.1. The highest BCUT2D eigenvalue weighted by atomic mass is 14.1. The smallest absolute Gasteiger partial charge is 0.0178 e. The fraction of sp³-hybridized carbons (Fsp3) is 0.0769. The summed E-state index contributed by atoms with van der Waals surface area (Å²) in [5, 5.41) is 0. The first-order valence-corrected chi connectivity index (χ1v) is 13.5. The fourth-order valence-corrected chi connectivity index (χ4v) is 5.02. The normalized spacial score (nSPS) is 11.6. The molecule has 0 aliphatic heterocycles. The summed E-state index contributed by atoms with van der Waals surface area (Å²) in [4.78, 5) is 0. The third-order valence-corrected chi connectivity index (χ3v) is 7.13. The zero-order chi connectivity index (χ0) is 27.2. The highest BCUT2D eigenvalue weighted by Gasteiger charge is 2.07. The lowest BCUT2D eigenvalue weighted by atomic mass is 9.93. The second kappa shape index (κ2) is 11.8. The van der Waals surface area contributed by atoms with E-state index >= 15 is 0 Å². The van der Waals surface area contributed by atoms with Gasteiger partial charge in [-0.3, -0.25) is 0 Å². The molecule has 0 unspecified atom stereocenters. The minimum Gasteiger partial charge on any atom is -0.0955 e. The summed E-state index contributed by atoms with van der Waals surface area (Å²) in [6.45, 7) is 10.3. The van der Waals surface area contributed by atoms with E-state index in [0.29, 0.717) is 0 Å². The summed E-state index contributed by atoms with van der Waals surface area (Å²) in [6, 6.07) is 43.9. The molecule has 5 aromatic rings. The van der Waals surface area contributed by atoms with Crippen LogP contribution in [0.25, 0.3) is 55.7 Å². The van der Waals surface area contributed by atoms with Crippen LogP contribution in [0.5, 0.6) is 0 Å². The molecular formula is C39H34. The Kier molecular flexibility index (Phi) is 7.85. The lowest BCUT2D eigenvalue weighted by Gasteiger charge is -2.11. The first kappa shape index (κ1) is 25.9. The molecule has 0 aliphatic rings. The molecule has 5 rings (SSSR count). The van der Waals surface area contributed by atoms with Crippen LogP contribution in [0.3, 0.4) is 0 Å². The van der Waals surface area contributed by atoms with Gasteiger partial charge >= 0.3 is 0 Å². The first-order valence-electron chi connectivity index (χ1n) is 13.5. The van der Waals surface area contributed by atoms with Crippen LogP contribution in [0, 0.1) is 0 Å². The predicted octanol–water partition coefficient (Wildman–Crippen LogP) is 11.4. The van der Waals surface area contributed by atoms with E-state index in [1.54, 1.807) is 0 Å². The van der Waals surface area contributed by atoms with Gasteiger partial charge in [0.15, 0.2) is 0 Å². The Hall–Kier alpha value is -4.68. The van der Waals surface area contributed by atoms with Crippen molar-refractivity contribution in [3.8, 4) is 44.5 Å². The highest BCUT2D eigenvalue weighted by molar-refractivity contribution is 5.81. The molecule has 0 saturated carbocycles. The van der Waals surface area contributed by atoms with Crippen LogP contribution in [0.15, 0.2) is 146 Å². The van der Waals surface area contributed by atoms with Crippen molar-refractivity contribution in [1.82, 2.24) is 0 Å². The number of rotatable bonds is 7. The number of hydrogen-bond donors (Lipinski definition) is 0. The van der Waals surface area contributed by atoms with E-state index in [1.807, 2.05) is 0 Å². The van der Waals surface area contributed by atoms with E-state index in [-0.39, 0.29) is 0 Å². The SMILES string of the molecule is C=C(C)c1cccc(-c2cccc(-c3cccc(-c4cccc(-c5cccc(C(/C=C\C)=C/C)c5)c4)c3)c2)c1. The maximum absolute atomic E-state index is 4.11. The third-order valence-electron chi connectivity index (χ3n) is 7.13. The Bertz CT molecular complexity index is 1690. The van der Waals surface area contributed by atoms with Crippen molar-refractivity contribution in [3.63, 3.8) is 0 Å². The van der Waals surface area contributed by atoms with E-state index < -0.39 is 0 Å². The number of allylic oxidation sites excluding steroid dienone is 5. The Morgan fingerprint density at radius 1 is 0.487 bits per heavy atom. The molecule has 0 radical (unpaired) electrons. The van der Waals surface area contributed by atoms with Gasteiger partial charge in [-0.05, 0) is 112 Å². The summed E-state index contributed by atoms with van der Waals surface area (Å²) in [6.07, 6.45) is 6.41. The van der Waals surface area contributed by atoms with Crippen molar-refractivity contribution < 1.29 is 0 Å². The predicted molar refractivity (Wildman–Crippen MR) is 171 cm³/mol. The largest absolute Gasteiger partial charge is 0.0955 e. The van der Waals surface area contributed by atoms with Crippen molar-refractivity contribution in [3.05, 3.63) is 157 Å². The molecule has 0 N–H and O–H groups in total. The van der Waals surface area contributed by atoms with Gasteiger partial charge in [0.2, 0.25) is 0 Å². The molecule has 0 bridgehead atoms. The van der Waals surface area contributed by atoms with Gasteiger partial charge in [-0.1, -0.05) is 121 Å². The second-order valence-electron chi connectivity index (χ2n) is 9.93. The Morgan fingerprint density at radius 3 is 1.18 bits per heavy atom. The fourth-order valence-electron chi connectivity index (χ4n) is 5.02.